The fourth-order valence-corrected chi connectivity index (χ4v) is 1.44. The molecule has 2 N–H and O–H groups in total. The predicted molar refractivity (Wildman–Crippen MR) is 55.3 cm³/mol. The van der Waals surface area contributed by atoms with Crippen molar-refractivity contribution in [2.24, 2.45) is 0 Å². The van der Waals surface area contributed by atoms with Crippen LogP contribution in [0.15, 0.2) is 22.7 Å². The summed E-state index contributed by atoms with van der Waals surface area (Å²) in [7, 11) is 0. The van der Waals surface area contributed by atoms with Crippen LogP contribution in [0.2, 0.25) is 0 Å². The molecule has 0 bridgehead atoms. The standard InChI is InChI=1S/C9H7BrF3NO2/c10-5-1-2-7(14-4-8(15)16)6(3-5)9(11,12)13/h1-3,14H,4H2,(H,15,16). The highest BCUT2D eigenvalue weighted by molar-refractivity contribution is 9.10. The number of rotatable bonds is 3. The normalized spacial score (nSPS) is 11.2. The Morgan fingerprint density at radius 2 is 2.06 bits per heavy atom. The Morgan fingerprint density at radius 1 is 1.44 bits per heavy atom. The zero-order chi connectivity index (χ0) is 12.3. The molecular weight excluding hydrogens is 291 g/mol. The van der Waals surface area contributed by atoms with Gasteiger partial charge in [-0.3, -0.25) is 4.79 Å². The minimum Gasteiger partial charge on any atom is -0.480 e. The van der Waals surface area contributed by atoms with E-state index in [1.165, 1.54) is 12.1 Å². The molecule has 0 fully saturated rings. The van der Waals surface area contributed by atoms with Crippen molar-refractivity contribution in [3.05, 3.63) is 28.2 Å². The summed E-state index contributed by atoms with van der Waals surface area (Å²) in [5.74, 6) is -1.23. The molecule has 0 aliphatic rings. The molecule has 0 spiro atoms. The third-order valence-electron chi connectivity index (χ3n) is 1.72. The van der Waals surface area contributed by atoms with Crippen LogP contribution in [0.5, 0.6) is 0 Å². The van der Waals surface area contributed by atoms with Gasteiger partial charge >= 0.3 is 12.1 Å². The molecule has 0 unspecified atom stereocenters. The number of anilines is 1. The van der Waals surface area contributed by atoms with Crippen LogP contribution in [0.25, 0.3) is 0 Å². The van der Waals surface area contributed by atoms with Gasteiger partial charge in [-0.15, -0.1) is 0 Å². The molecule has 1 rings (SSSR count). The summed E-state index contributed by atoms with van der Waals surface area (Å²) in [5.41, 5.74) is -1.15. The minimum absolute atomic E-state index is 0.252. The first kappa shape index (κ1) is 12.8. The van der Waals surface area contributed by atoms with Gasteiger partial charge in [0, 0.05) is 10.2 Å². The maximum atomic E-state index is 12.5. The molecule has 0 saturated carbocycles. The van der Waals surface area contributed by atoms with Crippen LogP contribution in [0.1, 0.15) is 5.56 Å². The second kappa shape index (κ2) is 4.73. The predicted octanol–water partition coefficient (Wildman–Crippen LogP) is 2.96. The van der Waals surface area contributed by atoms with E-state index in [1.807, 2.05) is 0 Å². The van der Waals surface area contributed by atoms with Crippen molar-refractivity contribution in [2.75, 3.05) is 11.9 Å². The summed E-state index contributed by atoms with van der Waals surface area (Å²) >= 11 is 2.92. The van der Waals surface area contributed by atoms with Gasteiger partial charge < -0.3 is 10.4 Å². The molecule has 16 heavy (non-hydrogen) atoms. The summed E-state index contributed by atoms with van der Waals surface area (Å²) in [4.78, 5) is 10.2. The summed E-state index contributed by atoms with van der Waals surface area (Å²) in [6.45, 7) is -0.565. The van der Waals surface area contributed by atoms with E-state index in [2.05, 4.69) is 21.2 Å². The SMILES string of the molecule is O=C(O)CNc1ccc(Br)cc1C(F)(F)F. The van der Waals surface area contributed by atoms with E-state index < -0.39 is 24.3 Å². The van der Waals surface area contributed by atoms with Crippen molar-refractivity contribution in [1.29, 1.82) is 0 Å². The van der Waals surface area contributed by atoms with Gasteiger partial charge in [0.05, 0.1) is 5.56 Å². The Balaban J connectivity index is 3.03. The van der Waals surface area contributed by atoms with E-state index in [-0.39, 0.29) is 10.2 Å². The topological polar surface area (TPSA) is 49.3 Å². The molecule has 0 radical (unpaired) electrons. The molecule has 0 aliphatic carbocycles. The fourth-order valence-electron chi connectivity index (χ4n) is 1.08. The summed E-state index contributed by atoms with van der Waals surface area (Å²) in [5, 5.41) is 10.6. The van der Waals surface area contributed by atoms with Gasteiger partial charge in [-0.2, -0.15) is 13.2 Å². The van der Waals surface area contributed by atoms with Crippen LogP contribution in [0.4, 0.5) is 18.9 Å². The molecular formula is C9H7BrF3NO2. The second-order valence-corrected chi connectivity index (χ2v) is 3.85. The number of hydrogen-bond acceptors (Lipinski definition) is 2. The van der Waals surface area contributed by atoms with Gasteiger partial charge in [0.25, 0.3) is 0 Å². The average molecular weight is 298 g/mol. The highest BCUT2D eigenvalue weighted by Gasteiger charge is 2.33. The first-order valence-electron chi connectivity index (χ1n) is 4.13. The largest absolute Gasteiger partial charge is 0.480 e. The van der Waals surface area contributed by atoms with Gasteiger partial charge in [0.2, 0.25) is 0 Å². The number of carboxylic acids is 1. The van der Waals surface area contributed by atoms with E-state index in [0.29, 0.717) is 0 Å². The molecule has 3 nitrogen and oxygen atoms in total. The fraction of sp³-hybridized carbons (Fsp3) is 0.222. The van der Waals surface area contributed by atoms with Crippen LogP contribution < -0.4 is 5.32 Å². The third kappa shape index (κ3) is 3.41. The van der Waals surface area contributed by atoms with Crippen LogP contribution >= 0.6 is 15.9 Å². The van der Waals surface area contributed by atoms with E-state index in [1.54, 1.807) is 0 Å². The Labute approximate surface area is 97.4 Å². The minimum atomic E-state index is -4.52. The lowest BCUT2D eigenvalue weighted by Crippen LogP contribution is -2.16. The van der Waals surface area contributed by atoms with Crippen molar-refractivity contribution < 1.29 is 23.1 Å². The lowest BCUT2D eigenvalue weighted by molar-refractivity contribution is -0.138. The van der Waals surface area contributed by atoms with E-state index in [9.17, 15) is 18.0 Å². The molecule has 0 aromatic heterocycles. The Morgan fingerprint density at radius 3 is 2.56 bits per heavy atom. The van der Waals surface area contributed by atoms with Crippen molar-refractivity contribution in [2.45, 2.75) is 6.18 Å². The summed E-state index contributed by atoms with van der Waals surface area (Å²) in [6, 6.07) is 3.47. The summed E-state index contributed by atoms with van der Waals surface area (Å²) < 4.78 is 37.9. The first-order valence-corrected chi connectivity index (χ1v) is 4.92. The number of nitrogens with one attached hydrogen (secondary N) is 1. The van der Waals surface area contributed by atoms with Crippen molar-refractivity contribution in [1.82, 2.24) is 0 Å². The van der Waals surface area contributed by atoms with Gasteiger partial charge in [-0.1, -0.05) is 15.9 Å². The van der Waals surface area contributed by atoms with Crippen LogP contribution in [-0.4, -0.2) is 17.6 Å². The maximum Gasteiger partial charge on any atom is 0.418 e. The zero-order valence-corrected chi connectivity index (χ0v) is 9.39. The zero-order valence-electron chi connectivity index (χ0n) is 7.81. The Kier molecular flexibility index (Phi) is 3.79. The smallest absolute Gasteiger partial charge is 0.418 e. The van der Waals surface area contributed by atoms with Gasteiger partial charge in [0.1, 0.15) is 6.54 Å². The molecule has 88 valence electrons. The quantitative estimate of drug-likeness (QED) is 0.902. The number of alkyl halides is 3. The van der Waals surface area contributed by atoms with Crippen molar-refractivity contribution in [3.8, 4) is 0 Å². The highest BCUT2D eigenvalue weighted by Crippen LogP contribution is 2.36. The van der Waals surface area contributed by atoms with Gasteiger partial charge in [-0.25, -0.2) is 0 Å². The molecule has 0 aliphatic heterocycles. The molecule has 0 saturated heterocycles. The Bertz CT molecular complexity index is 406. The van der Waals surface area contributed by atoms with Crippen LogP contribution in [0.3, 0.4) is 0 Å². The van der Waals surface area contributed by atoms with E-state index in [0.717, 1.165) is 6.07 Å². The number of carboxylic acid groups (broad SMARTS) is 1. The van der Waals surface area contributed by atoms with Gasteiger partial charge in [0.15, 0.2) is 0 Å². The number of hydrogen-bond donors (Lipinski definition) is 2. The van der Waals surface area contributed by atoms with Crippen molar-refractivity contribution in [3.63, 3.8) is 0 Å². The number of halogens is 4. The lowest BCUT2D eigenvalue weighted by atomic mass is 10.1. The molecule has 0 heterocycles. The number of benzene rings is 1. The number of aliphatic carboxylic acids is 1. The van der Waals surface area contributed by atoms with Gasteiger partial charge in [-0.05, 0) is 18.2 Å². The van der Waals surface area contributed by atoms with Crippen LogP contribution in [0, 0.1) is 0 Å². The summed E-state index contributed by atoms with van der Waals surface area (Å²) in [6.07, 6.45) is -4.52. The van der Waals surface area contributed by atoms with Crippen molar-refractivity contribution >= 4 is 27.6 Å². The number of carbonyl (C=O) groups is 1. The second-order valence-electron chi connectivity index (χ2n) is 2.93. The molecule has 1 aromatic carbocycles. The van der Waals surface area contributed by atoms with Crippen LogP contribution in [-0.2, 0) is 11.0 Å². The Hall–Kier alpha value is -1.24. The lowest BCUT2D eigenvalue weighted by Gasteiger charge is -2.13. The molecule has 7 heteroatoms. The highest BCUT2D eigenvalue weighted by atomic mass is 79.9. The van der Waals surface area contributed by atoms with E-state index in [4.69, 9.17) is 5.11 Å². The third-order valence-corrected chi connectivity index (χ3v) is 2.21. The molecule has 1 aromatic rings. The molecule has 0 atom stereocenters. The maximum absolute atomic E-state index is 12.5. The van der Waals surface area contributed by atoms with E-state index >= 15 is 0 Å². The monoisotopic (exact) mass is 297 g/mol. The average Bonchev–Trinajstić information content (AvgIpc) is 2.14. The first-order chi connectivity index (χ1) is 7.30. The molecule has 0 amide bonds.